The van der Waals surface area contributed by atoms with Gasteiger partial charge in [0.25, 0.3) is 0 Å². The molecule has 0 spiro atoms. The van der Waals surface area contributed by atoms with E-state index in [-0.39, 0.29) is 0 Å². The first-order valence-electron chi connectivity index (χ1n) is 8.07. The zero-order valence-electron chi connectivity index (χ0n) is 16.8. The second-order valence-electron chi connectivity index (χ2n) is 9.73. The van der Waals surface area contributed by atoms with Crippen LogP contribution in [0.1, 0.15) is 0 Å². The summed E-state index contributed by atoms with van der Waals surface area (Å²) in [5.41, 5.74) is 0. The standard InChI is InChI=1S/C12H38O4Si6/c1-18(2,3)13-17-22(14-19(4,5)6,15-20(7,8)9)16-21(10,11)12/h17H2,1-12H3. The Kier molecular flexibility index (Phi) is 7.97. The minimum Gasteiger partial charge on any atom is -0.457 e. The number of rotatable bonds is 9. The van der Waals surface area contributed by atoms with Crippen molar-refractivity contribution in [3.8, 4) is 0 Å². The summed E-state index contributed by atoms with van der Waals surface area (Å²) in [6, 6.07) is 0. The Morgan fingerprint density at radius 1 is 0.455 bits per heavy atom. The van der Waals surface area contributed by atoms with Gasteiger partial charge in [0.15, 0.2) is 33.3 Å². The summed E-state index contributed by atoms with van der Waals surface area (Å²) in [4.78, 5) is 0. The molecule has 0 aromatic rings. The van der Waals surface area contributed by atoms with Gasteiger partial charge < -0.3 is 16.5 Å². The van der Waals surface area contributed by atoms with Crippen LogP contribution < -0.4 is 0 Å². The molecule has 0 aliphatic carbocycles. The second kappa shape index (κ2) is 7.58. The summed E-state index contributed by atoms with van der Waals surface area (Å²) in [7, 11) is -10.5. The van der Waals surface area contributed by atoms with Gasteiger partial charge in [-0.05, 0) is 78.6 Å². The average molecular weight is 415 g/mol. The zero-order chi connectivity index (χ0) is 18.0. The molecule has 0 aliphatic rings. The first-order valence-corrected chi connectivity index (χ1v) is 26.3. The Morgan fingerprint density at radius 2 is 0.727 bits per heavy atom. The van der Waals surface area contributed by atoms with Gasteiger partial charge in [0.05, 0.1) is 0 Å². The Hall–Kier alpha value is 1.14. The predicted octanol–water partition coefficient (Wildman–Crippen LogP) is 3.91. The fourth-order valence-electron chi connectivity index (χ4n) is 1.86. The zero-order valence-corrected chi connectivity index (χ0v) is 23.3. The molecule has 0 fully saturated rings. The maximum absolute atomic E-state index is 6.63. The second-order valence-corrected chi connectivity index (χ2v) is 35.3. The van der Waals surface area contributed by atoms with Crippen molar-refractivity contribution in [1.82, 2.24) is 0 Å². The van der Waals surface area contributed by atoms with Gasteiger partial charge in [0, 0.05) is 0 Å². The van der Waals surface area contributed by atoms with Gasteiger partial charge in [0.2, 0.25) is 9.28 Å². The van der Waals surface area contributed by atoms with E-state index < -0.39 is 50.9 Å². The molecular weight excluding hydrogens is 377 g/mol. The molecule has 134 valence electrons. The van der Waals surface area contributed by atoms with Crippen LogP contribution in [0.3, 0.4) is 0 Å². The van der Waals surface area contributed by atoms with Crippen LogP contribution in [0, 0.1) is 0 Å². The highest BCUT2D eigenvalue weighted by Gasteiger charge is 2.51. The van der Waals surface area contributed by atoms with Gasteiger partial charge in [-0.3, -0.25) is 0 Å². The first kappa shape index (κ1) is 23.1. The van der Waals surface area contributed by atoms with E-state index in [0.717, 1.165) is 0 Å². The van der Waals surface area contributed by atoms with Crippen molar-refractivity contribution in [2.75, 3.05) is 0 Å². The van der Waals surface area contributed by atoms with Crippen molar-refractivity contribution in [2.45, 2.75) is 78.6 Å². The maximum Gasteiger partial charge on any atom is 0.463 e. The van der Waals surface area contributed by atoms with Crippen LogP contribution in [0.4, 0.5) is 0 Å². The molecule has 0 N–H and O–H groups in total. The molecule has 4 nitrogen and oxygen atoms in total. The number of hydrogen-bond donors (Lipinski definition) is 0. The van der Waals surface area contributed by atoms with E-state index in [0.29, 0.717) is 0 Å². The lowest BCUT2D eigenvalue weighted by atomic mass is 11.8. The molecule has 0 saturated heterocycles. The van der Waals surface area contributed by atoms with E-state index >= 15 is 0 Å². The minimum atomic E-state index is -2.67. The van der Waals surface area contributed by atoms with Crippen molar-refractivity contribution in [1.29, 1.82) is 0 Å². The molecule has 0 bridgehead atoms. The fourth-order valence-corrected chi connectivity index (χ4v) is 36.6. The minimum absolute atomic E-state index is 0.987. The van der Waals surface area contributed by atoms with Crippen LogP contribution in [-0.2, 0) is 16.5 Å². The maximum atomic E-state index is 6.63. The monoisotopic (exact) mass is 414 g/mol. The first-order chi connectivity index (χ1) is 9.33. The third kappa shape index (κ3) is 12.6. The molecule has 0 aromatic heterocycles. The van der Waals surface area contributed by atoms with Gasteiger partial charge in [-0.15, -0.1) is 0 Å². The molecule has 0 saturated carbocycles. The van der Waals surface area contributed by atoms with Crippen molar-refractivity contribution >= 4 is 50.9 Å². The van der Waals surface area contributed by atoms with Gasteiger partial charge in [0.1, 0.15) is 0 Å². The Morgan fingerprint density at radius 3 is 0.909 bits per heavy atom. The summed E-state index contributed by atoms with van der Waals surface area (Å²) in [5.74, 6) is 0. The van der Waals surface area contributed by atoms with Gasteiger partial charge in [-0.2, -0.15) is 0 Å². The average Bonchev–Trinajstić information content (AvgIpc) is 2.04. The van der Waals surface area contributed by atoms with Crippen LogP contribution in [-0.4, -0.2) is 50.9 Å². The van der Waals surface area contributed by atoms with E-state index in [1.807, 2.05) is 0 Å². The summed E-state index contributed by atoms with van der Waals surface area (Å²) < 4.78 is 26.3. The third-order valence-corrected chi connectivity index (χ3v) is 23.8. The van der Waals surface area contributed by atoms with Crippen molar-refractivity contribution in [3.63, 3.8) is 0 Å². The fraction of sp³-hybridized carbons (Fsp3) is 1.00. The van der Waals surface area contributed by atoms with E-state index in [9.17, 15) is 0 Å². The van der Waals surface area contributed by atoms with Crippen molar-refractivity contribution in [3.05, 3.63) is 0 Å². The highest BCUT2D eigenvalue weighted by atomic mass is 29.3. The Bertz CT molecular complexity index is 310. The lowest BCUT2D eigenvalue weighted by Crippen LogP contribution is -2.65. The van der Waals surface area contributed by atoms with E-state index in [2.05, 4.69) is 78.6 Å². The summed E-state index contributed by atoms with van der Waals surface area (Å²) >= 11 is 0. The lowest BCUT2D eigenvalue weighted by Gasteiger charge is -2.43. The summed E-state index contributed by atoms with van der Waals surface area (Å²) in [5, 5.41) is 0. The molecule has 10 heteroatoms. The molecule has 0 radical (unpaired) electrons. The van der Waals surface area contributed by atoms with E-state index in [1.54, 1.807) is 0 Å². The molecular formula is C12H38O4Si6. The highest BCUT2D eigenvalue weighted by molar-refractivity contribution is 7.20. The van der Waals surface area contributed by atoms with Crippen LogP contribution in [0.15, 0.2) is 0 Å². The quantitative estimate of drug-likeness (QED) is 0.536. The van der Waals surface area contributed by atoms with E-state index in [4.69, 9.17) is 16.5 Å². The molecule has 0 rings (SSSR count). The van der Waals surface area contributed by atoms with Crippen LogP contribution in [0.2, 0.25) is 78.6 Å². The van der Waals surface area contributed by atoms with E-state index in [1.165, 1.54) is 0 Å². The molecule has 0 aliphatic heterocycles. The Labute approximate surface area is 145 Å². The third-order valence-electron chi connectivity index (χ3n) is 2.07. The lowest BCUT2D eigenvalue weighted by molar-refractivity contribution is 0.276. The molecule has 0 heterocycles. The van der Waals surface area contributed by atoms with Crippen molar-refractivity contribution in [2.24, 2.45) is 0 Å². The summed E-state index contributed by atoms with van der Waals surface area (Å²) in [6.45, 7) is 26.7. The predicted molar refractivity (Wildman–Crippen MR) is 112 cm³/mol. The van der Waals surface area contributed by atoms with Crippen molar-refractivity contribution < 1.29 is 16.5 Å². The molecule has 0 unspecified atom stereocenters. The molecule has 0 amide bonds. The van der Waals surface area contributed by atoms with Crippen LogP contribution in [0.25, 0.3) is 0 Å². The van der Waals surface area contributed by atoms with Gasteiger partial charge in [-0.1, -0.05) is 0 Å². The number of hydrogen-bond acceptors (Lipinski definition) is 4. The van der Waals surface area contributed by atoms with Gasteiger partial charge >= 0.3 is 8.32 Å². The van der Waals surface area contributed by atoms with Crippen LogP contribution in [0.5, 0.6) is 0 Å². The van der Waals surface area contributed by atoms with Crippen LogP contribution >= 0.6 is 0 Å². The normalized spacial score (nSPS) is 15.8. The highest BCUT2D eigenvalue weighted by Crippen LogP contribution is 2.25. The summed E-state index contributed by atoms with van der Waals surface area (Å²) in [6.07, 6.45) is 0. The molecule has 22 heavy (non-hydrogen) atoms. The molecule has 0 aromatic carbocycles. The Balaban J connectivity index is 5.58. The van der Waals surface area contributed by atoms with Gasteiger partial charge in [-0.25, -0.2) is 0 Å². The SMILES string of the molecule is C[Si](C)(C)O[SiH2][Si](O[Si](C)(C)C)(O[Si](C)(C)C)O[Si](C)(C)C. The molecule has 0 atom stereocenters. The largest absolute Gasteiger partial charge is 0.463 e. The topological polar surface area (TPSA) is 36.9 Å². The smallest absolute Gasteiger partial charge is 0.457 e.